The Kier molecular flexibility index (Phi) is 3.51. The summed E-state index contributed by atoms with van der Waals surface area (Å²) >= 11 is 6.15. The Bertz CT molecular complexity index is 573. The molecule has 0 N–H and O–H groups in total. The van der Waals surface area contributed by atoms with Gasteiger partial charge in [-0.2, -0.15) is 5.10 Å². The van der Waals surface area contributed by atoms with Crippen LogP contribution >= 0.6 is 11.6 Å². The number of rotatable bonds is 2. The first-order valence-electron chi connectivity index (χ1n) is 6.76. The maximum Gasteiger partial charge on any atom is 0.133 e. The van der Waals surface area contributed by atoms with Crippen LogP contribution in [0, 0.1) is 0 Å². The number of aryl methyl sites for hydroxylation is 1. The van der Waals surface area contributed by atoms with Gasteiger partial charge in [-0.3, -0.25) is 4.68 Å². The van der Waals surface area contributed by atoms with Gasteiger partial charge in [0.15, 0.2) is 0 Å². The molecule has 0 atom stereocenters. The summed E-state index contributed by atoms with van der Waals surface area (Å²) in [4.78, 5) is 9.11. The van der Waals surface area contributed by atoms with Crippen LogP contribution in [-0.2, 0) is 7.05 Å². The highest BCUT2D eigenvalue weighted by Gasteiger charge is 2.19. The van der Waals surface area contributed by atoms with Gasteiger partial charge in [0.1, 0.15) is 11.0 Å². The third-order valence-electron chi connectivity index (χ3n) is 3.68. The Morgan fingerprint density at radius 2 is 2.00 bits per heavy atom. The van der Waals surface area contributed by atoms with Gasteiger partial charge in [-0.15, -0.1) is 0 Å². The number of halogens is 1. The molecule has 0 spiro atoms. The summed E-state index contributed by atoms with van der Waals surface area (Å²) in [5.41, 5.74) is 1.86. The predicted octanol–water partition coefficient (Wildman–Crippen LogP) is 3.58. The molecule has 3 rings (SSSR count). The van der Waals surface area contributed by atoms with Crippen molar-refractivity contribution in [3.8, 4) is 11.3 Å². The zero-order valence-corrected chi connectivity index (χ0v) is 11.8. The molecule has 0 bridgehead atoms. The van der Waals surface area contributed by atoms with Crippen molar-refractivity contribution in [2.45, 2.75) is 38.0 Å². The second-order valence-corrected chi connectivity index (χ2v) is 5.56. The van der Waals surface area contributed by atoms with Crippen molar-refractivity contribution in [1.82, 2.24) is 19.7 Å². The van der Waals surface area contributed by atoms with Crippen molar-refractivity contribution >= 4 is 11.6 Å². The van der Waals surface area contributed by atoms with Crippen molar-refractivity contribution < 1.29 is 0 Å². The maximum absolute atomic E-state index is 6.15. The summed E-state index contributed by atoms with van der Waals surface area (Å²) in [5, 5.41) is 4.70. The molecule has 0 aromatic carbocycles. The van der Waals surface area contributed by atoms with E-state index in [0.717, 1.165) is 17.1 Å². The molecule has 0 radical (unpaired) electrons. The van der Waals surface area contributed by atoms with Gasteiger partial charge in [0, 0.05) is 30.8 Å². The Hall–Kier alpha value is -1.42. The second-order valence-electron chi connectivity index (χ2n) is 5.17. The van der Waals surface area contributed by atoms with Crippen LogP contribution in [0.4, 0.5) is 0 Å². The Morgan fingerprint density at radius 1 is 1.21 bits per heavy atom. The molecule has 0 unspecified atom stereocenters. The molecule has 1 aliphatic rings. The number of aromatic nitrogens is 4. The zero-order valence-electron chi connectivity index (χ0n) is 11.0. The third kappa shape index (κ3) is 2.78. The van der Waals surface area contributed by atoms with Gasteiger partial charge < -0.3 is 0 Å². The fourth-order valence-electron chi connectivity index (χ4n) is 2.68. The van der Waals surface area contributed by atoms with Crippen LogP contribution in [0.3, 0.4) is 0 Å². The highest BCUT2D eigenvalue weighted by Crippen LogP contribution is 2.32. The molecular weight excluding hydrogens is 260 g/mol. The van der Waals surface area contributed by atoms with E-state index in [2.05, 4.69) is 10.1 Å². The Balaban J connectivity index is 1.95. The smallest absolute Gasteiger partial charge is 0.133 e. The molecule has 4 nitrogen and oxygen atoms in total. The molecule has 0 aliphatic heterocycles. The van der Waals surface area contributed by atoms with Gasteiger partial charge in [0.25, 0.3) is 0 Å². The average Bonchev–Trinajstić information content (AvgIpc) is 2.86. The van der Waals surface area contributed by atoms with Gasteiger partial charge in [-0.1, -0.05) is 30.9 Å². The molecular formula is C14H17ClN4. The summed E-state index contributed by atoms with van der Waals surface area (Å²) in [7, 11) is 1.90. The molecule has 1 aliphatic carbocycles. The van der Waals surface area contributed by atoms with Crippen molar-refractivity contribution in [3.05, 3.63) is 29.4 Å². The first kappa shape index (κ1) is 12.6. The molecule has 2 heterocycles. The summed E-state index contributed by atoms with van der Waals surface area (Å²) in [5.74, 6) is 1.36. The summed E-state index contributed by atoms with van der Waals surface area (Å²) in [6.45, 7) is 0. The van der Waals surface area contributed by atoms with Crippen LogP contribution in [-0.4, -0.2) is 19.7 Å². The molecule has 1 saturated carbocycles. The molecule has 19 heavy (non-hydrogen) atoms. The zero-order chi connectivity index (χ0) is 13.2. The molecule has 5 heteroatoms. The number of hydrogen-bond donors (Lipinski definition) is 0. The van der Waals surface area contributed by atoms with Gasteiger partial charge in [0.05, 0.1) is 11.9 Å². The molecule has 0 saturated heterocycles. The highest BCUT2D eigenvalue weighted by atomic mass is 35.5. The first-order valence-corrected chi connectivity index (χ1v) is 7.13. The second kappa shape index (κ2) is 5.29. The fourth-order valence-corrected chi connectivity index (χ4v) is 2.87. The maximum atomic E-state index is 6.15. The average molecular weight is 277 g/mol. The van der Waals surface area contributed by atoms with E-state index in [1.54, 1.807) is 4.68 Å². The number of hydrogen-bond acceptors (Lipinski definition) is 3. The highest BCUT2D eigenvalue weighted by molar-refractivity contribution is 6.29. The van der Waals surface area contributed by atoms with Gasteiger partial charge in [-0.05, 0) is 12.8 Å². The van der Waals surface area contributed by atoms with Gasteiger partial charge in [0.2, 0.25) is 0 Å². The Labute approximate surface area is 117 Å². The molecule has 0 amide bonds. The van der Waals surface area contributed by atoms with Crippen LogP contribution in [0.1, 0.15) is 43.8 Å². The van der Waals surface area contributed by atoms with Crippen LogP contribution in [0.5, 0.6) is 0 Å². The Morgan fingerprint density at radius 3 is 2.68 bits per heavy atom. The molecule has 100 valence electrons. The summed E-state index contributed by atoms with van der Waals surface area (Å²) < 4.78 is 1.77. The van der Waals surface area contributed by atoms with E-state index in [1.165, 1.54) is 32.1 Å². The van der Waals surface area contributed by atoms with E-state index >= 15 is 0 Å². The van der Waals surface area contributed by atoms with E-state index in [9.17, 15) is 0 Å². The minimum Gasteiger partial charge on any atom is -0.275 e. The lowest BCUT2D eigenvalue weighted by Gasteiger charge is -2.20. The van der Waals surface area contributed by atoms with E-state index in [4.69, 9.17) is 16.6 Å². The van der Waals surface area contributed by atoms with Crippen molar-refractivity contribution in [1.29, 1.82) is 0 Å². The van der Waals surface area contributed by atoms with Crippen molar-refractivity contribution in [3.63, 3.8) is 0 Å². The van der Waals surface area contributed by atoms with Crippen LogP contribution < -0.4 is 0 Å². The van der Waals surface area contributed by atoms with Crippen LogP contribution in [0.25, 0.3) is 11.3 Å². The van der Waals surface area contributed by atoms with E-state index < -0.39 is 0 Å². The molecule has 2 aromatic rings. The normalized spacial score (nSPS) is 16.7. The predicted molar refractivity (Wildman–Crippen MR) is 75.1 cm³/mol. The van der Waals surface area contributed by atoms with Crippen LogP contribution in [0.2, 0.25) is 5.15 Å². The summed E-state index contributed by atoms with van der Waals surface area (Å²) in [6, 6.07) is 1.81. The standard InChI is InChI=1S/C14H17ClN4/c1-19-9-11(8-16-19)12-7-13(15)18-14(17-12)10-5-3-2-4-6-10/h7-10H,2-6H2,1H3. The third-order valence-corrected chi connectivity index (χ3v) is 3.88. The topological polar surface area (TPSA) is 43.6 Å². The quantitative estimate of drug-likeness (QED) is 0.788. The fraction of sp³-hybridized carbons (Fsp3) is 0.500. The monoisotopic (exact) mass is 276 g/mol. The van der Waals surface area contributed by atoms with E-state index in [-0.39, 0.29) is 0 Å². The van der Waals surface area contributed by atoms with Crippen LogP contribution in [0.15, 0.2) is 18.5 Å². The first-order chi connectivity index (χ1) is 9.22. The van der Waals surface area contributed by atoms with E-state index in [0.29, 0.717) is 11.1 Å². The summed E-state index contributed by atoms with van der Waals surface area (Å²) in [6.07, 6.45) is 9.96. The molecule has 2 aromatic heterocycles. The van der Waals surface area contributed by atoms with Crippen molar-refractivity contribution in [2.75, 3.05) is 0 Å². The van der Waals surface area contributed by atoms with Gasteiger partial charge >= 0.3 is 0 Å². The lowest BCUT2D eigenvalue weighted by molar-refractivity contribution is 0.429. The SMILES string of the molecule is Cn1cc(-c2cc(Cl)nc(C3CCCCC3)n2)cn1. The lowest BCUT2D eigenvalue weighted by Crippen LogP contribution is -2.09. The van der Waals surface area contributed by atoms with Crippen molar-refractivity contribution in [2.24, 2.45) is 7.05 Å². The molecule has 1 fully saturated rings. The minimum absolute atomic E-state index is 0.461. The minimum atomic E-state index is 0.461. The van der Waals surface area contributed by atoms with Gasteiger partial charge in [-0.25, -0.2) is 9.97 Å². The lowest BCUT2D eigenvalue weighted by atomic mass is 9.88. The number of nitrogens with zero attached hydrogens (tertiary/aromatic N) is 4. The van der Waals surface area contributed by atoms with E-state index in [1.807, 2.05) is 25.5 Å². The largest absolute Gasteiger partial charge is 0.275 e.